The normalized spacial score (nSPS) is 10.2. The van der Waals surface area contributed by atoms with Crippen molar-refractivity contribution in [2.24, 2.45) is 5.73 Å². The van der Waals surface area contributed by atoms with Crippen molar-refractivity contribution in [1.82, 2.24) is 10.3 Å². The summed E-state index contributed by atoms with van der Waals surface area (Å²) in [5.41, 5.74) is 6.19. The van der Waals surface area contributed by atoms with Crippen molar-refractivity contribution in [1.29, 1.82) is 0 Å². The molecule has 17 heavy (non-hydrogen) atoms. The van der Waals surface area contributed by atoms with Gasteiger partial charge < -0.3 is 15.5 Å². The number of furan rings is 1. The van der Waals surface area contributed by atoms with Gasteiger partial charge in [-0.2, -0.15) is 0 Å². The Balaban J connectivity index is 1.93. The van der Waals surface area contributed by atoms with E-state index in [2.05, 4.69) is 10.3 Å². The fourth-order valence-corrected chi connectivity index (χ4v) is 1.37. The van der Waals surface area contributed by atoms with Gasteiger partial charge in [-0.15, -0.1) is 0 Å². The van der Waals surface area contributed by atoms with Crippen LogP contribution in [0.1, 0.15) is 22.0 Å². The lowest BCUT2D eigenvalue weighted by Gasteiger charge is -2.02. The van der Waals surface area contributed by atoms with Gasteiger partial charge in [0.2, 0.25) is 0 Å². The van der Waals surface area contributed by atoms with Gasteiger partial charge in [0.05, 0.1) is 18.8 Å². The van der Waals surface area contributed by atoms with Crippen molar-refractivity contribution < 1.29 is 9.21 Å². The maximum absolute atomic E-state index is 11.7. The molecular weight excluding hydrogens is 218 g/mol. The Morgan fingerprint density at radius 3 is 2.88 bits per heavy atom. The van der Waals surface area contributed by atoms with Crippen molar-refractivity contribution in [3.05, 3.63) is 53.7 Å². The number of carbonyl (C=O) groups excluding carboxylic acids is 1. The zero-order chi connectivity index (χ0) is 12.1. The number of nitrogens with zero attached hydrogens (tertiary/aromatic N) is 1. The van der Waals surface area contributed by atoms with E-state index in [1.165, 1.54) is 0 Å². The predicted molar refractivity (Wildman–Crippen MR) is 62.0 cm³/mol. The molecule has 0 aromatic carbocycles. The lowest BCUT2D eigenvalue weighted by atomic mass is 10.3. The lowest BCUT2D eigenvalue weighted by molar-refractivity contribution is 0.0921. The molecule has 0 unspecified atom stereocenters. The number of nitrogens with two attached hydrogens (primary N) is 1. The number of nitrogens with one attached hydrogen (secondary N) is 1. The SMILES string of the molecule is NCc1ccc(C(=O)NCc2ccccn2)o1. The standard InChI is InChI=1S/C12H13N3O2/c13-7-10-4-5-11(17-10)12(16)15-8-9-3-1-2-6-14-9/h1-6H,7-8,13H2,(H,15,16). The molecule has 2 aromatic heterocycles. The van der Waals surface area contributed by atoms with Gasteiger partial charge in [-0.25, -0.2) is 0 Å². The lowest BCUT2D eigenvalue weighted by Crippen LogP contribution is -2.22. The highest BCUT2D eigenvalue weighted by Crippen LogP contribution is 2.06. The summed E-state index contributed by atoms with van der Waals surface area (Å²) in [4.78, 5) is 15.8. The number of aromatic nitrogens is 1. The van der Waals surface area contributed by atoms with Crippen LogP contribution >= 0.6 is 0 Å². The molecule has 2 aromatic rings. The molecule has 2 rings (SSSR count). The van der Waals surface area contributed by atoms with Crippen LogP contribution in [-0.2, 0) is 13.1 Å². The molecule has 0 atom stereocenters. The third-order valence-electron chi connectivity index (χ3n) is 2.24. The zero-order valence-corrected chi connectivity index (χ0v) is 9.22. The van der Waals surface area contributed by atoms with Crippen LogP contribution in [0.5, 0.6) is 0 Å². The predicted octanol–water partition coefficient (Wildman–Crippen LogP) is 1.06. The van der Waals surface area contributed by atoms with E-state index in [0.29, 0.717) is 12.3 Å². The Morgan fingerprint density at radius 1 is 1.35 bits per heavy atom. The van der Waals surface area contributed by atoms with Crippen LogP contribution in [0.15, 0.2) is 40.9 Å². The van der Waals surface area contributed by atoms with Crippen LogP contribution in [0, 0.1) is 0 Å². The molecule has 5 nitrogen and oxygen atoms in total. The highest BCUT2D eigenvalue weighted by Gasteiger charge is 2.10. The third-order valence-corrected chi connectivity index (χ3v) is 2.24. The van der Waals surface area contributed by atoms with E-state index < -0.39 is 0 Å². The summed E-state index contributed by atoms with van der Waals surface area (Å²) in [6.45, 7) is 0.659. The van der Waals surface area contributed by atoms with Gasteiger partial charge in [0.1, 0.15) is 5.76 Å². The maximum atomic E-state index is 11.7. The molecule has 0 spiro atoms. The Kier molecular flexibility index (Phi) is 3.52. The van der Waals surface area contributed by atoms with Crippen LogP contribution in [0.4, 0.5) is 0 Å². The van der Waals surface area contributed by atoms with E-state index in [9.17, 15) is 4.79 Å². The Labute approximate surface area is 98.6 Å². The quantitative estimate of drug-likeness (QED) is 0.824. The Bertz CT molecular complexity index is 493. The van der Waals surface area contributed by atoms with Crippen molar-refractivity contribution in [3.8, 4) is 0 Å². The molecule has 0 aliphatic heterocycles. The molecule has 1 amide bonds. The fraction of sp³-hybridized carbons (Fsp3) is 0.167. The molecule has 0 fully saturated rings. The molecule has 0 saturated heterocycles. The summed E-state index contributed by atoms with van der Waals surface area (Å²) in [5, 5.41) is 2.72. The second kappa shape index (κ2) is 5.27. The minimum Gasteiger partial charge on any atom is -0.455 e. The summed E-state index contributed by atoms with van der Waals surface area (Å²) in [7, 11) is 0. The van der Waals surface area contributed by atoms with Gasteiger partial charge >= 0.3 is 0 Å². The highest BCUT2D eigenvalue weighted by molar-refractivity contribution is 5.91. The first-order chi connectivity index (χ1) is 8.29. The molecule has 0 saturated carbocycles. The molecule has 3 N–H and O–H groups in total. The van der Waals surface area contributed by atoms with Crippen molar-refractivity contribution in [2.75, 3.05) is 0 Å². The van der Waals surface area contributed by atoms with Gasteiger partial charge in [0, 0.05) is 6.20 Å². The summed E-state index contributed by atoms with van der Waals surface area (Å²) >= 11 is 0. The molecule has 0 aliphatic carbocycles. The molecule has 2 heterocycles. The van der Waals surface area contributed by atoms with Crippen LogP contribution in [-0.4, -0.2) is 10.9 Å². The van der Waals surface area contributed by atoms with Crippen LogP contribution in [0.2, 0.25) is 0 Å². The minimum atomic E-state index is -0.268. The van der Waals surface area contributed by atoms with E-state index in [-0.39, 0.29) is 18.2 Å². The summed E-state index contributed by atoms with van der Waals surface area (Å²) in [6.07, 6.45) is 1.68. The molecule has 0 aliphatic rings. The number of amides is 1. The van der Waals surface area contributed by atoms with Crippen molar-refractivity contribution >= 4 is 5.91 Å². The van der Waals surface area contributed by atoms with Crippen LogP contribution in [0.3, 0.4) is 0 Å². The number of pyridine rings is 1. The highest BCUT2D eigenvalue weighted by atomic mass is 16.4. The van der Waals surface area contributed by atoms with Gasteiger partial charge in [0.15, 0.2) is 5.76 Å². The smallest absolute Gasteiger partial charge is 0.287 e. The first-order valence-electron chi connectivity index (χ1n) is 5.26. The number of rotatable bonds is 4. The summed E-state index contributed by atoms with van der Waals surface area (Å²) < 4.78 is 5.23. The summed E-state index contributed by atoms with van der Waals surface area (Å²) in [5.74, 6) is 0.588. The Morgan fingerprint density at radius 2 is 2.24 bits per heavy atom. The number of carbonyl (C=O) groups is 1. The second-order valence-electron chi connectivity index (χ2n) is 3.47. The fourth-order valence-electron chi connectivity index (χ4n) is 1.37. The molecule has 5 heteroatoms. The third kappa shape index (κ3) is 2.92. The van der Waals surface area contributed by atoms with Crippen LogP contribution < -0.4 is 11.1 Å². The topological polar surface area (TPSA) is 81.2 Å². The van der Waals surface area contributed by atoms with Crippen molar-refractivity contribution in [3.63, 3.8) is 0 Å². The molecule has 0 radical (unpaired) electrons. The average molecular weight is 231 g/mol. The largest absolute Gasteiger partial charge is 0.455 e. The average Bonchev–Trinajstić information content (AvgIpc) is 2.86. The van der Waals surface area contributed by atoms with Crippen molar-refractivity contribution in [2.45, 2.75) is 13.1 Å². The van der Waals surface area contributed by atoms with E-state index in [0.717, 1.165) is 5.69 Å². The van der Waals surface area contributed by atoms with E-state index >= 15 is 0 Å². The van der Waals surface area contributed by atoms with Gasteiger partial charge in [-0.05, 0) is 24.3 Å². The van der Waals surface area contributed by atoms with E-state index in [1.807, 2.05) is 18.2 Å². The van der Waals surface area contributed by atoms with Gasteiger partial charge in [-0.1, -0.05) is 6.07 Å². The monoisotopic (exact) mass is 231 g/mol. The molecular formula is C12H13N3O2. The zero-order valence-electron chi connectivity index (χ0n) is 9.22. The van der Waals surface area contributed by atoms with E-state index in [4.69, 9.17) is 10.2 Å². The molecule has 0 bridgehead atoms. The molecule has 88 valence electrons. The number of hydrogen-bond acceptors (Lipinski definition) is 4. The summed E-state index contributed by atoms with van der Waals surface area (Å²) in [6, 6.07) is 8.83. The van der Waals surface area contributed by atoms with E-state index in [1.54, 1.807) is 18.3 Å². The first-order valence-corrected chi connectivity index (χ1v) is 5.26. The Hall–Kier alpha value is -2.14. The first kappa shape index (κ1) is 11.3. The maximum Gasteiger partial charge on any atom is 0.287 e. The number of hydrogen-bond donors (Lipinski definition) is 2. The van der Waals surface area contributed by atoms with Gasteiger partial charge in [-0.3, -0.25) is 9.78 Å². The minimum absolute atomic E-state index is 0.265. The van der Waals surface area contributed by atoms with Gasteiger partial charge in [0.25, 0.3) is 5.91 Å². The van der Waals surface area contributed by atoms with Crippen LogP contribution in [0.25, 0.3) is 0 Å². The second-order valence-corrected chi connectivity index (χ2v) is 3.47.